The van der Waals surface area contributed by atoms with E-state index in [1.165, 1.54) is 22.5 Å². The largest absolute Gasteiger partial charge is 0.375 e. The normalized spacial score (nSPS) is 12.6. The molecule has 1 aromatic carbocycles. The van der Waals surface area contributed by atoms with Gasteiger partial charge in [-0.15, -0.1) is 11.3 Å². The summed E-state index contributed by atoms with van der Waals surface area (Å²) in [5.74, 6) is 0. The van der Waals surface area contributed by atoms with Crippen LogP contribution in [0.25, 0.3) is 0 Å². The molecule has 2 rings (SSSR count). The van der Waals surface area contributed by atoms with Crippen LogP contribution in [0, 0.1) is 0 Å². The summed E-state index contributed by atoms with van der Waals surface area (Å²) < 4.78 is 0. The van der Waals surface area contributed by atoms with E-state index in [0.717, 1.165) is 11.4 Å². The van der Waals surface area contributed by atoms with Gasteiger partial charge in [-0.3, -0.25) is 0 Å². The van der Waals surface area contributed by atoms with Crippen molar-refractivity contribution in [2.75, 3.05) is 5.73 Å². The number of nitrogens with zero attached hydrogens (tertiary/aromatic N) is 1. The molecule has 0 amide bonds. The summed E-state index contributed by atoms with van der Waals surface area (Å²) in [6.45, 7) is 11.9. The first-order valence-corrected chi connectivity index (χ1v) is 8.06. The molecule has 0 aliphatic carbocycles. The fraction of sp³-hybridized carbons (Fsp3) is 0.471. The fourth-order valence-corrected chi connectivity index (χ4v) is 2.83. The van der Waals surface area contributed by atoms with E-state index in [1.807, 2.05) is 6.20 Å². The molecule has 0 radical (unpaired) electrons. The summed E-state index contributed by atoms with van der Waals surface area (Å²) >= 11 is 1.53. The third-order valence-electron chi connectivity index (χ3n) is 3.75. The highest BCUT2D eigenvalue weighted by Crippen LogP contribution is 2.27. The molecule has 2 aromatic rings. The summed E-state index contributed by atoms with van der Waals surface area (Å²) in [5, 5.41) is 4.20. The molecule has 3 N–H and O–H groups in total. The smallest absolute Gasteiger partial charge is 0.180 e. The van der Waals surface area contributed by atoms with Crippen molar-refractivity contribution >= 4 is 16.5 Å². The van der Waals surface area contributed by atoms with E-state index in [0.29, 0.717) is 5.13 Å². The van der Waals surface area contributed by atoms with Crippen LogP contribution in [0.2, 0.25) is 0 Å². The van der Waals surface area contributed by atoms with Crippen molar-refractivity contribution in [2.24, 2.45) is 0 Å². The first-order chi connectivity index (χ1) is 9.68. The molecule has 114 valence electrons. The lowest BCUT2D eigenvalue weighted by molar-refractivity contribution is 0.402. The number of hydrogen-bond acceptors (Lipinski definition) is 4. The van der Waals surface area contributed by atoms with Crippen molar-refractivity contribution in [2.45, 2.75) is 52.1 Å². The van der Waals surface area contributed by atoms with Gasteiger partial charge >= 0.3 is 0 Å². The summed E-state index contributed by atoms with van der Waals surface area (Å²) in [6.07, 6.45) is 1.84. The predicted molar refractivity (Wildman–Crippen MR) is 91.5 cm³/mol. The molecular weight excluding hydrogens is 278 g/mol. The molecule has 0 bridgehead atoms. The minimum atomic E-state index is -0.0881. The second kappa shape index (κ2) is 5.78. The zero-order valence-corrected chi connectivity index (χ0v) is 14.3. The highest BCUT2D eigenvalue weighted by molar-refractivity contribution is 7.15. The van der Waals surface area contributed by atoms with Gasteiger partial charge in [-0.05, 0) is 30.4 Å². The molecule has 1 aromatic heterocycles. The number of aromatic nitrogens is 1. The standard InChI is InChI=1S/C17H25N3S/c1-16(2,3)12-6-8-13(9-7-12)17(4,5)20-11-14-10-19-15(18)21-14/h6-10,20H,11H2,1-5H3,(H2,18,19). The Hall–Kier alpha value is -1.39. The average Bonchev–Trinajstić information content (AvgIpc) is 2.82. The van der Waals surface area contributed by atoms with Crippen LogP contribution in [-0.4, -0.2) is 4.98 Å². The van der Waals surface area contributed by atoms with Gasteiger partial charge in [0.2, 0.25) is 0 Å². The van der Waals surface area contributed by atoms with Crippen molar-refractivity contribution in [1.29, 1.82) is 0 Å². The molecular formula is C17H25N3S. The van der Waals surface area contributed by atoms with Crippen molar-refractivity contribution in [3.05, 3.63) is 46.5 Å². The lowest BCUT2D eigenvalue weighted by Gasteiger charge is -2.28. The molecule has 0 saturated heterocycles. The van der Waals surface area contributed by atoms with Crippen LogP contribution in [0.4, 0.5) is 5.13 Å². The maximum atomic E-state index is 5.67. The van der Waals surface area contributed by atoms with Crippen LogP contribution < -0.4 is 11.1 Å². The van der Waals surface area contributed by atoms with Gasteiger partial charge in [0.05, 0.1) is 0 Å². The van der Waals surface area contributed by atoms with Gasteiger partial charge in [-0.2, -0.15) is 0 Å². The van der Waals surface area contributed by atoms with Gasteiger partial charge < -0.3 is 11.1 Å². The Balaban J connectivity index is 2.08. The van der Waals surface area contributed by atoms with Gasteiger partial charge in [0.15, 0.2) is 5.13 Å². The number of nitrogens with one attached hydrogen (secondary N) is 1. The Bertz CT molecular complexity index is 591. The fourth-order valence-electron chi connectivity index (χ4n) is 2.20. The number of benzene rings is 1. The zero-order chi connectivity index (χ0) is 15.7. The first-order valence-electron chi connectivity index (χ1n) is 7.25. The van der Waals surface area contributed by atoms with Gasteiger partial charge in [-0.25, -0.2) is 4.98 Å². The van der Waals surface area contributed by atoms with E-state index in [9.17, 15) is 0 Å². The highest BCUT2D eigenvalue weighted by Gasteiger charge is 2.21. The highest BCUT2D eigenvalue weighted by atomic mass is 32.1. The molecule has 3 nitrogen and oxygen atoms in total. The third-order valence-corrected chi connectivity index (χ3v) is 4.58. The number of nitrogens with two attached hydrogens (primary N) is 1. The molecule has 4 heteroatoms. The summed E-state index contributed by atoms with van der Waals surface area (Å²) in [4.78, 5) is 5.24. The van der Waals surface area contributed by atoms with Crippen LogP contribution in [0.5, 0.6) is 0 Å². The maximum Gasteiger partial charge on any atom is 0.180 e. The predicted octanol–water partition coefficient (Wildman–Crippen LogP) is 4.05. The van der Waals surface area contributed by atoms with Crippen molar-refractivity contribution in [3.8, 4) is 0 Å². The zero-order valence-electron chi connectivity index (χ0n) is 13.5. The number of rotatable bonds is 4. The second-order valence-electron chi connectivity index (χ2n) is 6.97. The molecule has 0 unspecified atom stereocenters. The number of nitrogen functional groups attached to an aromatic ring is 1. The van der Waals surface area contributed by atoms with Crippen molar-refractivity contribution in [3.63, 3.8) is 0 Å². The van der Waals surface area contributed by atoms with E-state index >= 15 is 0 Å². The Labute approximate surface area is 131 Å². The minimum absolute atomic E-state index is 0.0881. The Morgan fingerprint density at radius 1 is 1.05 bits per heavy atom. The quantitative estimate of drug-likeness (QED) is 0.896. The topological polar surface area (TPSA) is 50.9 Å². The molecule has 0 aliphatic heterocycles. The molecule has 0 fully saturated rings. The Morgan fingerprint density at radius 2 is 1.62 bits per heavy atom. The Morgan fingerprint density at radius 3 is 2.10 bits per heavy atom. The second-order valence-corrected chi connectivity index (χ2v) is 8.12. The van der Waals surface area contributed by atoms with Gasteiger partial charge in [0, 0.05) is 23.2 Å². The van der Waals surface area contributed by atoms with E-state index in [-0.39, 0.29) is 11.0 Å². The summed E-state index contributed by atoms with van der Waals surface area (Å²) in [6, 6.07) is 8.89. The monoisotopic (exact) mass is 303 g/mol. The van der Waals surface area contributed by atoms with E-state index in [2.05, 4.69) is 69.2 Å². The third kappa shape index (κ3) is 4.05. The van der Waals surface area contributed by atoms with Crippen LogP contribution >= 0.6 is 11.3 Å². The minimum Gasteiger partial charge on any atom is -0.375 e. The Kier molecular flexibility index (Phi) is 4.40. The summed E-state index contributed by atoms with van der Waals surface area (Å²) in [7, 11) is 0. The number of anilines is 1. The maximum absolute atomic E-state index is 5.67. The summed E-state index contributed by atoms with van der Waals surface area (Å²) in [5.41, 5.74) is 8.41. The lowest BCUT2D eigenvalue weighted by atomic mass is 9.84. The molecule has 0 saturated carbocycles. The van der Waals surface area contributed by atoms with Crippen molar-refractivity contribution in [1.82, 2.24) is 10.3 Å². The van der Waals surface area contributed by atoms with Crippen LogP contribution in [0.15, 0.2) is 30.5 Å². The molecule has 1 heterocycles. The molecule has 21 heavy (non-hydrogen) atoms. The average molecular weight is 303 g/mol. The lowest BCUT2D eigenvalue weighted by Crippen LogP contribution is -2.35. The van der Waals surface area contributed by atoms with Gasteiger partial charge in [0.1, 0.15) is 0 Å². The SMILES string of the molecule is CC(C)(C)c1ccc(C(C)(C)NCc2cnc(N)s2)cc1. The molecule has 0 spiro atoms. The van der Waals surface area contributed by atoms with Crippen LogP contribution in [0.3, 0.4) is 0 Å². The number of thiazole rings is 1. The molecule has 0 aliphatic rings. The first kappa shape index (κ1) is 16.0. The van der Waals surface area contributed by atoms with E-state index < -0.39 is 0 Å². The van der Waals surface area contributed by atoms with Gasteiger partial charge in [-0.1, -0.05) is 45.0 Å². The van der Waals surface area contributed by atoms with Gasteiger partial charge in [0.25, 0.3) is 0 Å². The van der Waals surface area contributed by atoms with E-state index in [4.69, 9.17) is 5.73 Å². The van der Waals surface area contributed by atoms with Crippen LogP contribution in [-0.2, 0) is 17.5 Å². The van der Waals surface area contributed by atoms with Crippen LogP contribution in [0.1, 0.15) is 50.6 Å². The molecule has 0 atom stereocenters. The van der Waals surface area contributed by atoms with E-state index in [1.54, 1.807) is 0 Å². The van der Waals surface area contributed by atoms with Crippen molar-refractivity contribution < 1.29 is 0 Å². The number of hydrogen-bond donors (Lipinski definition) is 2.